The molecule has 0 radical (unpaired) electrons. The van der Waals surface area contributed by atoms with E-state index in [0.717, 1.165) is 5.69 Å². The van der Waals surface area contributed by atoms with Crippen molar-refractivity contribution in [3.63, 3.8) is 0 Å². The minimum absolute atomic E-state index is 0.225. The van der Waals surface area contributed by atoms with E-state index in [2.05, 4.69) is 5.32 Å². The fraction of sp³-hybridized carbons (Fsp3) is 0.538. The van der Waals surface area contributed by atoms with Gasteiger partial charge in [-0.1, -0.05) is 17.7 Å². The van der Waals surface area contributed by atoms with E-state index in [1.165, 1.54) is 5.56 Å². The van der Waals surface area contributed by atoms with Crippen LogP contribution < -0.4 is 11.1 Å². The van der Waals surface area contributed by atoms with Crippen molar-refractivity contribution in [1.82, 2.24) is 0 Å². The Kier molecular flexibility index (Phi) is 3.64. The van der Waals surface area contributed by atoms with Crippen LogP contribution in [0.4, 0.5) is 5.69 Å². The summed E-state index contributed by atoms with van der Waals surface area (Å²) in [7, 11) is -2.86. The van der Waals surface area contributed by atoms with Gasteiger partial charge in [0.05, 0.1) is 17.0 Å². The summed E-state index contributed by atoms with van der Waals surface area (Å²) < 4.78 is 23.0. The summed E-state index contributed by atoms with van der Waals surface area (Å²) in [6, 6.07) is 8.09. The topological polar surface area (TPSA) is 72.2 Å². The summed E-state index contributed by atoms with van der Waals surface area (Å²) in [5.74, 6) is 0.451. The maximum atomic E-state index is 11.5. The van der Waals surface area contributed by atoms with Crippen molar-refractivity contribution >= 4 is 15.5 Å². The molecule has 0 atom stereocenters. The fourth-order valence-corrected chi connectivity index (χ4v) is 3.86. The van der Waals surface area contributed by atoms with Crippen LogP contribution in [0.15, 0.2) is 24.3 Å². The van der Waals surface area contributed by atoms with Gasteiger partial charge in [0.15, 0.2) is 9.84 Å². The summed E-state index contributed by atoms with van der Waals surface area (Å²) in [6.07, 6.45) is 1.17. The predicted molar refractivity (Wildman–Crippen MR) is 74.5 cm³/mol. The molecule has 0 unspecified atom stereocenters. The third-order valence-electron chi connectivity index (χ3n) is 3.64. The minimum atomic E-state index is -2.86. The Hall–Kier alpha value is -1.07. The first kappa shape index (κ1) is 13.4. The van der Waals surface area contributed by atoms with Crippen LogP contribution >= 0.6 is 0 Å². The fourth-order valence-electron chi connectivity index (χ4n) is 2.25. The van der Waals surface area contributed by atoms with Crippen LogP contribution in [-0.4, -0.2) is 32.0 Å². The lowest BCUT2D eigenvalue weighted by Crippen LogP contribution is -2.51. The highest BCUT2D eigenvalue weighted by Crippen LogP contribution is 2.27. The predicted octanol–water partition coefficient (Wildman–Crippen LogP) is 1.31. The molecule has 0 bridgehead atoms. The number of anilines is 1. The number of hydrogen-bond donors (Lipinski definition) is 2. The van der Waals surface area contributed by atoms with Crippen molar-refractivity contribution in [2.75, 3.05) is 23.4 Å². The Morgan fingerprint density at radius 3 is 2.28 bits per heavy atom. The van der Waals surface area contributed by atoms with Crippen LogP contribution in [0.1, 0.15) is 18.4 Å². The Morgan fingerprint density at radius 2 is 1.78 bits per heavy atom. The monoisotopic (exact) mass is 268 g/mol. The highest BCUT2D eigenvalue weighted by atomic mass is 32.2. The van der Waals surface area contributed by atoms with Gasteiger partial charge in [-0.2, -0.15) is 0 Å². The van der Waals surface area contributed by atoms with Gasteiger partial charge in [0.2, 0.25) is 0 Å². The number of sulfone groups is 1. The van der Waals surface area contributed by atoms with Crippen molar-refractivity contribution in [2.24, 2.45) is 5.73 Å². The molecule has 1 aromatic rings. The quantitative estimate of drug-likeness (QED) is 0.867. The van der Waals surface area contributed by atoms with E-state index in [0.29, 0.717) is 19.4 Å². The molecule has 0 amide bonds. The highest BCUT2D eigenvalue weighted by molar-refractivity contribution is 7.91. The third-order valence-corrected chi connectivity index (χ3v) is 5.29. The normalized spacial score (nSPS) is 21.4. The van der Waals surface area contributed by atoms with Gasteiger partial charge < -0.3 is 11.1 Å². The van der Waals surface area contributed by atoms with Gasteiger partial charge in [-0.15, -0.1) is 0 Å². The number of hydrogen-bond acceptors (Lipinski definition) is 4. The van der Waals surface area contributed by atoms with Crippen molar-refractivity contribution in [3.8, 4) is 0 Å². The second-order valence-corrected chi connectivity index (χ2v) is 7.43. The molecule has 1 heterocycles. The zero-order valence-electron chi connectivity index (χ0n) is 10.6. The van der Waals surface area contributed by atoms with Gasteiger partial charge in [-0.05, 0) is 31.9 Å². The number of rotatable bonds is 3. The average Bonchev–Trinajstić information content (AvgIpc) is 2.35. The van der Waals surface area contributed by atoms with Crippen molar-refractivity contribution in [3.05, 3.63) is 29.8 Å². The summed E-state index contributed by atoms with van der Waals surface area (Å²) in [5.41, 5.74) is 7.78. The maximum absolute atomic E-state index is 11.5. The zero-order valence-corrected chi connectivity index (χ0v) is 11.5. The van der Waals surface area contributed by atoms with Gasteiger partial charge in [-0.25, -0.2) is 8.42 Å². The molecule has 0 saturated carbocycles. The molecule has 1 aliphatic heterocycles. The van der Waals surface area contributed by atoms with E-state index >= 15 is 0 Å². The van der Waals surface area contributed by atoms with Crippen molar-refractivity contribution < 1.29 is 8.42 Å². The molecule has 0 aliphatic carbocycles. The molecule has 3 N–H and O–H groups in total. The molecular formula is C13H20N2O2S. The minimum Gasteiger partial charge on any atom is -0.378 e. The van der Waals surface area contributed by atoms with Crippen LogP contribution in [0, 0.1) is 6.92 Å². The third kappa shape index (κ3) is 3.03. The van der Waals surface area contributed by atoms with Gasteiger partial charge in [0.25, 0.3) is 0 Å². The molecule has 4 nitrogen and oxygen atoms in total. The molecule has 2 rings (SSSR count). The first-order valence-corrected chi connectivity index (χ1v) is 8.02. The van der Waals surface area contributed by atoms with E-state index in [4.69, 9.17) is 5.73 Å². The summed E-state index contributed by atoms with van der Waals surface area (Å²) >= 11 is 0. The van der Waals surface area contributed by atoms with E-state index in [1.54, 1.807) is 0 Å². The largest absolute Gasteiger partial charge is 0.378 e. The lowest BCUT2D eigenvalue weighted by atomic mass is 9.92. The van der Waals surface area contributed by atoms with Crippen molar-refractivity contribution in [1.29, 1.82) is 0 Å². The molecule has 5 heteroatoms. The number of benzene rings is 1. The standard InChI is InChI=1S/C13H20N2O2S/c1-11-2-4-12(5-3-11)15-13(10-14)6-8-18(16,17)9-7-13/h2-5,15H,6-10,14H2,1H3. The second kappa shape index (κ2) is 4.90. The summed E-state index contributed by atoms with van der Waals surface area (Å²) in [5, 5.41) is 3.42. The van der Waals surface area contributed by atoms with Gasteiger partial charge in [0.1, 0.15) is 0 Å². The van der Waals surface area contributed by atoms with Crippen LogP contribution in [0.3, 0.4) is 0 Å². The van der Waals surface area contributed by atoms with Crippen LogP contribution in [-0.2, 0) is 9.84 Å². The SMILES string of the molecule is Cc1ccc(NC2(CN)CCS(=O)(=O)CC2)cc1. The van der Waals surface area contributed by atoms with E-state index < -0.39 is 9.84 Å². The zero-order chi connectivity index (χ0) is 13.2. The number of nitrogens with one attached hydrogen (secondary N) is 1. The molecule has 0 spiro atoms. The van der Waals surface area contributed by atoms with Gasteiger partial charge >= 0.3 is 0 Å². The first-order valence-electron chi connectivity index (χ1n) is 6.20. The number of nitrogens with two attached hydrogens (primary N) is 1. The number of aryl methyl sites for hydroxylation is 1. The Balaban J connectivity index is 2.12. The Bertz CT molecular complexity index is 494. The molecule has 1 aliphatic rings. The van der Waals surface area contributed by atoms with Gasteiger partial charge in [0, 0.05) is 12.2 Å². The summed E-state index contributed by atoms with van der Waals surface area (Å²) in [6.45, 7) is 2.49. The average molecular weight is 268 g/mol. The van der Waals surface area contributed by atoms with Crippen LogP contribution in [0.5, 0.6) is 0 Å². The Morgan fingerprint density at radius 1 is 1.22 bits per heavy atom. The van der Waals surface area contributed by atoms with Crippen LogP contribution in [0.25, 0.3) is 0 Å². The molecule has 1 aromatic carbocycles. The van der Waals surface area contributed by atoms with Gasteiger partial charge in [-0.3, -0.25) is 0 Å². The molecular weight excluding hydrogens is 248 g/mol. The second-order valence-electron chi connectivity index (χ2n) is 5.13. The molecule has 0 aromatic heterocycles. The lowest BCUT2D eigenvalue weighted by molar-refractivity contribution is 0.426. The van der Waals surface area contributed by atoms with Crippen LogP contribution in [0.2, 0.25) is 0 Å². The lowest BCUT2D eigenvalue weighted by Gasteiger charge is -2.37. The summed E-state index contributed by atoms with van der Waals surface area (Å²) in [4.78, 5) is 0. The Labute approximate surface area is 108 Å². The molecule has 100 valence electrons. The highest BCUT2D eigenvalue weighted by Gasteiger charge is 2.36. The van der Waals surface area contributed by atoms with E-state index in [9.17, 15) is 8.42 Å². The van der Waals surface area contributed by atoms with E-state index in [-0.39, 0.29) is 17.0 Å². The van der Waals surface area contributed by atoms with Crippen molar-refractivity contribution in [2.45, 2.75) is 25.3 Å². The molecule has 1 saturated heterocycles. The molecule has 18 heavy (non-hydrogen) atoms. The smallest absolute Gasteiger partial charge is 0.150 e. The van der Waals surface area contributed by atoms with E-state index in [1.807, 2.05) is 31.2 Å². The molecule has 1 fully saturated rings. The maximum Gasteiger partial charge on any atom is 0.150 e. The first-order chi connectivity index (χ1) is 8.45.